The Hall–Kier alpha value is -2.88. The van der Waals surface area contributed by atoms with E-state index in [-0.39, 0.29) is 17.0 Å². The van der Waals surface area contributed by atoms with Crippen molar-refractivity contribution < 1.29 is 17.6 Å². The largest absolute Gasteiger partial charge is 0.204 e. The van der Waals surface area contributed by atoms with Gasteiger partial charge < -0.3 is 0 Å². The summed E-state index contributed by atoms with van der Waals surface area (Å²) in [4.78, 5) is 0. The summed E-state index contributed by atoms with van der Waals surface area (Å²) in [6.45, 7) is 3.84. The Balaban J connectivity index is 1.23. The average Bonchev–Trinajstić information content (AvgIpc) is 2.95. The molecular weight excluding hydrogens is 484 g/mol. The van der Waals surface area contributed by atoms with Crippen molar-refractivity contribution in [1.82, 2.24) is 0 Å². The minimum Gasteiger partial charge on any atom is -0.204 e. The highest BCUT2D eigenvalue weighted by Gasteiger charge is 2.32. The van der Waals surface area contributed by atoms with Crippen LogP contribution in [0.4, 0.5) is 17.6 Å². The lowest BCUT2D eigenvalue weighted by Gasteiger charge is -2.38. The first-order valence-electron chi connectivity index (χ1n) is 14.1. The zero-order valence-electron chi connectivity index (χ0n) is 21.9. The first kappa shape index (κ1) is 26.7. The molecule has 200 valence electrons. The van der Waals surface area contributed by atoms with Gasteiger partial charge in [-0.25, -0.2) is 17.6 Å². The van der Waals surface area contributed by atoms with Crippen molar-refractivity contribution in [3.8, 4) is 22.3 Å². The molecule has 4 heteroatoms. The maximum absolute atomic E-state index is 15.3. The quantitative estimate of drug-likeness (QED) is 0.215. The number of benzene rings is 3. The van der Waals surface area contributed by atoms with Gasteiger partial charge in [-0.2, -0.15) is 0 Å². The highest BCUT2D eigenvalue weighted by molar-refractivity contribution is 5.71. The Morgan fingerprint density at radius 3 is 1.82 bits per heavy atom. The third kappa shape index (κ3) is 5.60. The predicted molar refractivity (Wildman–Crippen MR) is 147 cm³/mol. The lowest BCUT2D eigenvalue weighted by Crippen LogP contribution is -2.25. The van der Waals surface area contributed by atoms with Gasteiger partial charge in [0, 0.05) is 11.1 Å². The van der Waals surface area contributed by atoms with Crippen LogP contribution in [0, 0.1) is 41.0 Å². The number of halogens is 4. The zero-order chi connectivity index (χ0) is 26.6. The van der Waals surface area contributed by atoms with Crippen LogP contribution >= 0.6 is 0 Å². The minimum absolute atomic E-state index is 0.0528. The summed E-state index contributed by atoms with van der Waals surface area (Å²) in [5.41, 5.74) is 1.77. The van der Waals surface area contributed by atoms with E-state index in [0.717, 1.165) is 50.0 Å². The molecule has 0 radical (unpaired) electrons. The van der Waals surface area contributed by atoms with Crippen LogP contribution in [0.5, 0.6) is 0 Å². The van der Waals surface area contributed by atoms with Crippen LogP contribution in [0.1, 0.15) is 75.7 Å². The first-order chi connectivity index (χ1) is 18.5. The second kappa shape index (κ2) is 11.9. The first-order valence-corrected chi connectivity index (χ1v) is 14.1. The Bertz CT molecular complexity index is 1250. The molecule has 2 fully saturated rings. The number of hydrogen-bond donors (Lipinski definition) is 0. The van der Waals surface area contributed by atoms with Gasteiger partial charge in [-0.15, -0.1) is 6.58 Å². The molecule has 0 nitrogen and oxygen atoms in total. The van der Waals surface area contributed by atoms with Crippen LogP contribution in [-0.2, 0) is 0 Å². The van der Waals surface area contributed by atoms with Crippen LogP contribution in [0.15, 0.2) is 67.3 Å². The van der Waals surface area contributed by atoms with Crippen LogP contribution in [0.3, 0.4) is 0 Å². The molecule has 38 heavy (non-hydrogen) atoms. The van der Waals surface area contributed by atoms with Gasteiger partial charge in [0.2, 0.25) is 0 Å². The Morgan fingerprint density at radius 1 is 0.632 bits per heavy atom. The summed E-state index contributed by atoms with van der Waals surface area (Å²) >= 11 is 0. The lowest BCUT2D eigenvalue weighted by molar-refractivity contribution is 0.156. The normalized spacial score (nSPS) is 23.8. The molecule has 0 saturated heterocycles. The molecule has 2 saturated carbocycles. The fourth-order valence-electron chi connectivity index (χ4n) is 6.86. The lowest BCUT2D eigenvalue weighted by atomic mass is 9.68. The second-order valence-corrected chi connectivity index (χ2v) is 11.3. The maximum atomic E-state index is 15.3. The monoisotopic (exact) mass is 520 g/mol. The molecule has 3 aromatic rings. The van der Waals surface area contributed by atoms with Crippen LogP contribution in [-0.4, -0.2) is 0 Å². The third-order valence-electron chi connectivity index (χ3n) is 9.12. The molecule has 2 aliphatic rings. The van der Waals surface area contributed by atoms with Crippen LogP contribution in [0.2, 0.25) is 0 Å². The molecule has 0 atom stereocenters. The fourth-order valence-corrected chi connectivity index (χ4v) is 6.86. The van der Waals surface area contributed by atoms with Crippen LogP contribution < -0.4 is 0 Å². The fraction of sp³-hybridized carbons (Fsp3) is 0.412. The van der Waals surface area contributed by atoms with Crippen molar-refractivity contribution in [2.24, 2.45) is 17.8 Å². The Kier molecular flexibility index (Phi) is 8.35. The van der Waals surface area contributed by atoms with Crippen molar-refractivity contribution >= 4 is 0 Å². The molecule has 0 aromatic heterocycles. The molecule has 0 amide bonds. The summed E-state index contributed by atoms with van der Waals surface area (Å²) in [5, 5.41) is 0. The van der Waals surface area contributed by atoms with Gasteiger partial charge in [0.1, 0.15) is 0 Å². The smallest absolute Gasteiger partial charge is 0.166 e. The van der Waals surface area contributed by atoms with E-state index in [9.17, 15) is 8.78 Å². The Labute approximate surface area is 223 Å². The summed E-state index contributed by atoms with van der Waals surface area (Å²) < 4.78 is 58.3. The molecule has 0 bridgehead atoms. The van der Waals surface area contributed by atoms with E-state index < -0.39 is 23.3 Å². The molecule has 3 aromatic carbocycles. The summed E-state index contributed by atoms with van der Waals surface area (Å²) in [6, 6.07) is 13.8. The predicted octanol–water partition coefficient (Wildman–Crippen LogP) is 10.6. The zero-order valence-corrected chi connectivity index (χ0v) is 21.9. The van der Waals surface area contributed by atoms with Crippen molar-refractivity contribution in [2.45, 2.75) is 70.1 Å². The third-order valence-corrected chi connectivity index (χ3v) is 9.12. The van der Waals surface area contributed by atoms with Gasteiger partial charge in [-0.3, -0.25) is 0 Å². The van der Waals surface area contributed by atoms with Crippen molar-refractivity contribution in [2.75, 3.05) is 0 Å². The van der Waals surface area contributed by atoms with Crippen molar-refractivity contribution in [1.29, 1.82) is 0 Å². The van der Waals surface area contributed by atoms with E-state index in [1.807, 2.05) is 6.08 Å². The molecular formula is C34H36F4. The van der Waals surface area contributed by atoms with E-state index in [4.69, 9.17) is 0 Å². The molecule has 0 N–H and O–H groups in total. The van der Waals surface area contributed by atoms with Gasteiger partial charge in [-0.1, -0.05) is 67.4 Å². The minimum atomic E-state index is -0.923. The number of allylic oxidation sites excluding steroid dienone is 1. The van der Waals surface area contributed by atoms with Gasteiger partial charge in [0.15, 0.2) is 23.3 Å². The van der Waals surface area contributed by atoms with E-state index in [1.165, 1.54) is 44.2 Å². The molecule has 2 aliphatic carbocycles. The van der Waals surface area contributed by atoms with Gasteiger partial charge >= 0.3 is 0 Å². The van der Waals surface area contributed by atoms with Gasteiger partial charge in [0.25, 0.3) is 0 Å². The topological polar surface area (TPSA) is 0 Å². The van der Waals surface area contributed by atoms with E-state index >= 15 is 8.78 Å². The van der Waals surface area contributed by atoms with E-state index in [0.29, 0.717) is 22.6 Å². The van der Waals surface area contributed by atoms with E-state index in [2.05, 4.69) is 6.58 Å². The molecule has 0 heterocycles. The second-order valence-electron chi connectivity index (χ2n) is 11.3. The highest BCUT2D eigenvalue weighted by Crippen LogP contribution is 2.45. The van der Waals surface area contributed by atoms with Gasteiger partial charge in [0.05, 0.1) is 0 Å². The molecule has 5 rings (SSSR count). The molecule has 0 aliphatic heterocycles. The number of rotatable bonds is 7. The molecule has 0 spiro atoms. The molecule has 0 unspecified atom stereocenters. The van der Waals surface area contributed by atoms with E-state index in [1.54, 1.807) is 36.4 Å². The van der Waals surface area contributed by atoms with Gasteiger partial charge in [-0.05, 0) is 97.8 Å². The van der Waals surface area contributed by atoms with Crippen molar-refractivity contribution in [3.05, 3.63) is 96.1 Å². The average molecular weight is 521 g/mol. The SMILES string of the molecule is C=CCCC1CCC(C2CCC(c3ccc(-c4ccc(-c5cccc(F)c5F)cc4)c(F)c3F)CC2)CC1. The Morgan fingerprint density at radius 2 is 1.21 bits per heavy atom. The van der Waals surface area contributed by atoms with Crippen LogP contribution in [0.25, 0.3) is 22.3 Å². The standard InChI is InChI=1S/C34H36F4/c1-2-3-5-22-8-10-23(11-9-22)24-12-14-26(15-13-24)29-20-21-30(34(38)33(29)37)27-18-16-25(17-19-27)28-6-4-7-31(35)32(28)36/h2,4,6-7,16-24,26H,1,3,5,8-15H2. The maximum Gasteiger partial charge on any atom is 0.166 e. The summed E-state index contributed by atoms with van der Waals surface area (Å²) in [7, 11) is 0. The van der Waals surface area contributed by atoms with Crippen molar-refractivity contribution in [3.63, 3.8) is 0 Å². The summed E-state index contributed by atoms with van der Waals surface area (Å²) in [5.74, 6) is -1.05. The number of hydrogen-bond acceptors (Lipinski definition) is 0. The summed E-state index contributed by atoms with van der Waals surface area (Å²) in [6.07, 6.45) is 13.6. The highest BCUT2D eigenvalue weighted by atomic mass is 19.2.